The second kappa shape index (κ2) is 5.64. The highest BCUT2D eigenvalue weighted by molar-refractivity contribution is 5.65. The van der Waals surface area contributed by atoms with Crippen molar-refractivity contribution in [2.75, 3.05) is 6.54 Å². The van der Waals surface area contributed by atoms with Crippen molar-refractivity contribution in [2.24, 2.45) is 5.73 Å². The highest BCUT2D eigenvalue weighted by atomic mass is 15.3. The van der Waals surface area contributed by atoms with Gasteiger partial charge in [-0.3, -0.25) is 4.68 Å². The molecule has 1 aromatic heterocycles. The molecule has 0 fully saturated rings. The first-order valence-corrected chi connectivity index (χ1v) is 6.16. The molecule has 0 aliphatic heterocycles. The molecule has 3 heteroatoms. The van der Waals surface area contributed by atoms with Crippen LogP contribution in [0.5, 0.6) is 0 Å². The van der Waals surface area contributed by atoms with Gasteiger partial charge in [0.15, 0.2) is 0 Å². The van der Waals surface area contributed by atoms with E-state index in [1.807, 2.05) is 10.9 Å². The lowest BCUT2D eigenvalue weighted by Gasteiger charge is -2.04. The largest absolute Gasteiger partial charge is 0.330 e. The summed E-state index contributed by atoms with van der Waals surface area (Å²) < 4.78 is 1.97. The van der Waals surface area contributed by atoms with Crippen molar-refractivity contribution in [3.63, 3.8) is 0 Å². The summed E-state index contributed by atoms with van der Waals surface area (Å²) in [5.41, 5.74) is 9.35. The lowest BCUT2D eigenvalue weighted by atomic mass is 10.0. The molecule has 1 aromatic carbocycles. The predicted molar refractivity (Wildman–Crippen MR) is 70.7 cm³/mol. The number of hydrogen-bond acceptors (Lipinski definition) is 2. The number of benzene rings is 1. The van der Waals surface area contributed by atoms with Crippen molar-refractivity contribution >= 4 is 0 Å². The molecular weight excluding hydrogens is 210 g/mol. The van der Waals surface area contributed by atoms with E-state index < -0.39 is 0 Å². The van der Waals surface area contributed by atoms with Crippen LogP contribution in [-0.2, 0) is 13.0 Å². The van der Waals surface area contributed by atoms with E-state index in [0.29, 0.717) is 6.54 Å². The average molecular weight is 229 g/mol. The van der Waals surface area contributed by atoms with Gasteiger partial charge in [-0.05, 0) is 30.5 Å². The summed E-state index contributed by atoms with van der Waals surface area (Å²) in [7, 11) is 0. The Labute approximate surface area is 102 Å². The lowest BCUT2D eigenvalue weighted by Crippen LogP contribution is -2.05. The van der Waals surface area contributed by atoms with Gasteiger partial charge in [-0.15, -0.1) is 0 Å². The van der Waals surface area contributed by atoms with Gasteiger partial charge in [0, 0.05) is 18.3 Å². The van der Waals surface area contributed by atoms with Gasteiger partial charge in [0.25, 0.3) is 0 Å². The molecule has 0 aliphatic rings. The Bertz CT molecular complexity index is 474. The summed E-state index contributed by atoms with van der Waals surface area (Å²) in [4.78, 5) is 0. The zero-order chi connectivity index (χ0) is 12.1. The third-order valence-electron chi connectivity index (χ3n) is 2.93. The molecule has 2 N–H and O–H groups in total. The third-order valence-corrected chi connectivity index (χ3v) is 2.93. The standard InChI is InChI=1S/C14H19N3/c1-2-12-6-3-4-7-14(12)13-10-16-17(11-13)9-5-8-15/h3-4,6-7,10-11H,2,5,8-9,15H2,1H3. The number of hydrogen-bond donors (Lipinski definition) is 1. The van der Waals surface area contributed by atoms with Crippen molar-refractivity contribution in [1.82, 2.24) is 9.78 Å². The normalized spacial score (nSPS) is 10.7. The highest BCUT2D eigenvalue weighted by Crippen LogP contribution is 2.23. The van der Waals surface area contributed by atoms with E-state index in [-0.39, 0.29) is 0 Å². The zero-order valence-corrected chi connectivity index (χ0v) is 10.3. The van der Waals surface area contributed by atoms with Gasteiger partial charge >= 0.3 is 0 Å². The van der Waals surface area contributed by atoms with E-state index in [1.165, 1.54) is 16.7 Å². The van der Waals surface area contributed by atoms with Crippen molar-refractivity contribution in [2.45, 2.75) is 26.3 Å². The van der Waals surface area contributed by atoms with Crippen LogP contribution < -0.4 is 5.73 Å². The summed E-state index contributed by atoms with van der Waals surface area (Å²) in [6.07, 6.45) is 6.05. The molecule has 3 nitrogen and oxygen atoms in total. The predicted octanol–water partition coefficient (Wildman–Crippen LogP) is 2.46. The van der Waals surface area contributed by atoms with Gasteiger partial charge < -0.3 is 5.73 Å². The Hall–Kier alpha value is -1.61. The van der Waals surface area contributed by atoms with E-state index in [9.17, 15) is 0 Å². The van der Waals surface area contributed by atoms with Crippen LogP contribution in [0.1, 0.15) is 18.9 Å². The second-order valence-corrected chi connectivity index (χ2v) is 4.15. The van der Waals surface area contributed by atoms with Gasteiger partial charge in [0.2, 0.25) is 0 Å². The van der Waals surface area contributed by atoms with E-state index in [1.54, 1.807) is 0 Å². The van der Waals surface area contributed by atoms with Crippen LogP contribution in [0.4, 0.5) is 0 Å². The maximum absolute atomic E-state index is 5.50. The molecule has 2 rings (SSSR count). The molecular formula is C14H19N3. The molecule has 0 spiro atoms. The maximum atomic E-state index is 5.50. The monoisotopic (exact) mass is 229 g/mol. The van der Waals surface area contributed by atoms with Crippen LogP contribution in [0.3, 0.4) is 0 Å². The van der Waals surface area contributed by atoms with E-state index in [2.05, 4.69) is 42.5 Å². The van der Waals surface area contributed by atoms with E-state index in [0.717, 1.165) is 19.4 Å². The Morgan fingerprint density at radius 3 is 2.88 bits per heavy atom. The second-order valence-electron chi connectivity index (χ2n) is 4.15. The van der Waals surface area contributed by atoms with E-state index in [4.69, 9.17) is 5.73 Å². The summed E-state index contributed by atoms with van der Waals surface area (Å²) in [6, 6.07) is 8.49. The number of nitrogens with two attached hydrogens (primary N) is 1. The third kappa shape index (κ3) is 2.74. The minimum absolute atomic E-state index is 0.709. The molecule has 0 unspecified atom stereocenters. The van der Waals surface area contributed by atoms with Gasteiger partial charge in [-0.1, -0.05) is 31.2 Å². The summed E-state index contributed by atoms with van der Waals surface area (Å²) >= 11 is 0. The highest BCUT2D eigenvalue weighted by Gasteiger charge is 2.05. The average Bonchev–Trinajstić information content (AvgIpc) is 2.85. The number of nitrogens with zero attached hydrogens (tertiary/aromatic N) is 2. The quantitative estimate of drug-likeness (QED) is 0.856. The Morgan fingerprint density at radius 1 is 1.29 bits per heavy atom. The topological polar surface area (TPSA) is 43.8 Å². The number of aryl methyl sites for hydroxylation is 2. The van der Waals surface area contributed by atoms with Crippen molar-refractivity contribution in [3.05, 3.63) is 42.2 Å². The fourth-order valence-corrected chi connectivity index (χ4v) is 1.99. The van der Waals surface area contributed by atoms with Crippen LogP contribution in [0.25, 0.3) is 11.1 Å². The van der Waals surface area contributed by atoms with Crippen LogP contribution in [0.2, 0.25) is 0 Å². The van der Waals surface area contributed by atoms with Gasteiger partial charge in [0.05, 0.1) is 6.20 Å². The molecule has 2 aromatic rings. The Balaban J connectivity index is 2.24. The zero-order valence-electron chi connectivity index (χ0n) is 10.3. The first-order valence-electron chi connectivity index (χ1n) is 6.16. The number of rotatable bonds is 5. The fourth-order valence-electron chi connectivity index (χ4n) is 1.99. The number of aromatic nitrogens is 2. The lowest BCUT2D eigenvalue weighted by molar-refractivity contribution is 0.585. The van der Waals surface area contributed by atoms with Gasteiger partial charge in [-0.25, -0.2) is 0 Å². The smallest absolute Gasteiger partial charge is 0.0568 e. The van der Waals surface area contributed by atoms with Crippen LogP contribution in [0, 0.1) is 0 Å². The molecule has 17 heavy (non-hydrogen) atoms. The first-order chi connectivity index (χ1) is 8.35. The maximum Gasteiger partial charge on any atom is 0.0568 e. The van der Waals surface area contributed by atoms with Crippen LogP contribution in [-0.4, -0.2) is 16.3 Å². The van der Waals surface area contributed by atoms with Crippen LogP contribution in [0.15, 0.2) is 36.7 Å². The molecule has 0 aliphatic carbocycles. The SMILES string of the molecule is CCc1ccccc1-c1cnn(CCCN)c1. The molecule has 0 atom stereocenters. The molecule has 0 saturated heterocycles. The first kappa shape index (κ1) is 11.9. The van der Waals surface area contributed by atoms with Crippen molar-refractivity contribution in [1.29, 1.82) is 0 Å². The molecule has 90 valence electrons. The molecule has 1 heterocycles. The van der Waals surface area contributed by atoms with Gasteiger partial charge in [-0.2, -0.15) is 5.10 Å². The van der Waals surface area contributed by atoms with Crippen LogP contribution >= 0.6 is 0 Å². The molecule has 0 amide bonds. The van der Waals surface area contributed by atoms with Gasteiger partial charge in [0.1, 0.15) is 0 Å². The summed E-state index contributed by atoms with van der Waals surface area (Å²) in [5.74, 6) is 0. The minimum Gasteiger partial charge on any atom is -0.330 e. The minimum atomic E-state index is 0.709. The Kier molecular flexibility index (Phi) is 3.94. The Morgan fingerprint density at radius 2 is 2.12 bits per heavy atom. The molecule has 0 bridgehead atoms. The molecule has 0 radical (unpaired) electrons. The molecule has 0 saturated carbocycles. The fraction of sp³-hybridized carbons (Fsp3) is 0.357. The van der Waals surface area contributed by atoms with Crippen molar-refractivity contribution < 1.29 is 0 Å². The summed E-state index contributed by atoms with van der Waals surface area (Å²) in [6.45, 7) is 3.78. The van der Waals surface area contributed by atoms with E-state index >= 15 is 0 Å². The summed E-state index contributed by atoms with van der Waals surface area (Å²) in [5, 5.41) is 4.37. The van der Waals surface area contributed by atoms with Crippen molar-refractivity contribution in [3.8, 4) is 11.1 Å².